The second-order valence-electron chi connectivity index (χ2n) is 6.52. The van der Waals surface area contributed by atoms with Gasteiger partial charge in [0.15, 0.2) is 5.76 Å². The van der Waals surface area contributed by atoms with Gasteiger partial charge in [-0.05, 0) is 27.2 Å². The largest absolute Gasteiger partial charge is 0.360 e. The summed E-state index contributed by atoms with van der Waals surface area (Å²) >= 11 is 0. The van der Waals surface area contributed by atoms with Gasteiger partial charge in [-0.25, -0.2) is 8.42 Å². The van der Waals surface area contributed by atoms with Crippen molar-refractivity contribution in [2.24, 2.45) is 5.73 Å². The minimum Gasteiger partial charge on any atom is -0.360 e. The van der Waals surface area contributed by atoms with E-state index in [-0.39, 0.29) is 29.7 Å². The van der Waals surface area contributed by atoms with Gasteiger partial charge in [-0.3, -0.25) is 4.79 Å². The van der Waals surface area contributed by atoms with E-state index in [1.807, 2.05) is 6.92 Å². The molecule has 0 aromatic carbocycles. The van der Waals surface area contributed by atoms with Crippen molar-refractivity contribution in [1.29, 1.82) is 0 Å². The quantitative estimate of drug-likeness (QED) is 0.827. The Labute approximate surface area is 143 Å². The van der Waals surface area contributed by atoms with Gasteiger partial charge in [0, 0.05) is 26.2 Å². The molecule has 1 aromatic heterocycles. The van der Waals surface area contributed by atoms with Crippen LogP contribution < -0.4 is 5.73 Å². The lowest BCUT2D eigenvalue weighted by Crippen LogP contribution is -2.58. The van der Waals surface area contributed by atoms with E-state index in [2.05, 4.69) is 5.16 Å². The number of carbonyl (C=O) groups excluding carboxylic acids is 1. The van der Waals surface area contributed by atoms with Crippen LogP contribution in [0, 0.1) is 13.8 Å². The Morgan fingerprint density at radius 1 is 1.29 bits per heavy atom. The summed E-state index contributed by atoms with van der Waals surface area (Å²) in [6.45, 7) is 8.03. The molecule has 0 spiro atoms. The molecule has 9 heteroatoms. The highest BCUT2D eigenvalue weighted by molar-refractivity contribution is 7.89. The number of hydrogen-bond acceptors (Lipinski definition) is 6. The topological polar surface area (TPSA) is 110 Å². The zero-order chi connectivity index (χ0) is 18.1. The Morgan fingerprint density at radius 2 is 1.88 bits per heavy atom. The second kappa shape index (κ2) is 6.81. The molecular formula is C15H26N4O4S. The molecule has 0 aliphatic carbocycles. The van der Waals surface area contributed by atoms with E-state index >= 15 is 0 Å². The molecule has 1 fully saturated rings. The smallest absolute Gasteiger partial charge is 0.248 e. The number of rotatable bonds is 5. The zero-order valence-electron chi connectivity index (χ0n) is 14.7. The Balaban J connectivity index is 2.09. The van der Waals surface area contributed by atoms with Gasteiger partial charge in [-0.1, -0.05) is 18.5 Å². The van der Waals surface area contributed by atoms with Crippen molar-refractivity contribution in [2.45, 2.75) is 51.0 Å². The van der Waals surface area contributed by atoms with E-state index in [0.29, 0.717) is 25.2 Å². The lowest BCUT2D eigenvalue weighted by molar-refractivity contribution is -0.137. The number of carbonyl (C=O) groups is 1. The first-order valence-electron chi connectivity index (χ1n) is 8.12. The molecule has 24 heavy (non-hydrogen) atoms. The fraction of sp³-hybridized carbons (Fsp3) is 0.733. The predicted molar refractivity (Wildman–Crippen MR) is 88.8 cm³/mol. The van der Waals surface area contributed by atoms with Crippen LogP contribution in [-0.4, -0.2) is 60.4 Å². The molecular weight excluding hydrogens is 332 g/mol. The summed E-state index contributed by atoms with van der Waals surface area (Å²) in [6.07, 6.45) is 1.42. The van der Waals surface area contributed by atoms with Crippen LogP contribution in [0.25, 0.3) is 0 Å². The number of nitrogens with zero attached hydrogens (tertiary/aromatic N) is 3. The molecule has 1 atom stereocenters. The third-order valence-electron chi connectivity index (χ3n) is 4.35. The molecule has 1 aliphatic heterocycles. The fourth-order valence-corrected chi connectivity index (χ4v) is 4.80. The maximum absolute atomic E-state index is 12.8. The SMILES string of the molecule is CCCC(C)(N)C(=O)N1CCN(S(=O)(=O)c2c(C)noc2C)CC1. The van der Waals surface area contributed by atoms with Gasteiger partial charge in [0.25, 0.3) is 0 Å². The number of hydrogen-bond donors (Lipinski definition) is 1. The molecule has 1 aliphatic rings. The summed E-state index contributed by atoms with van der Waals surface area (Å²) in [5, 5.41) is 3.71. The van der Waals surface area contributed by atoms with Crippen LogP contribution >= 0.6 is 0 Å². The van der Waals surface area contributed by atoms with Gasteiger partial charge >= 0.3 is 0 Å². The van der Waals surface area contributed by atoms with Crippen LogP contribution in [0.3, 0.4) is 0 Å². The minimum absolute atomic E-state index is 0.122. The average molecular weight is 358 g/mol. The van der Waals surface area contributed by atoms with Crippen molar-refractivity contribution in [3.63, 3.8) is 0 Å². The highest BCUT2D eigenvalue weighted by Gasteiger charge is 2.37. The molecule has 2 N–H and O–H groups in total. The summed E-state index contributed by atoms with van der Waals surface area (Å²) in [4.78, 5) is 14.3. The van der Waals surface area contributed by atoms with Crippen LogP contribution in [0.15, 0.2) is 9.42 Å². The van der Waals surface area contributed by atoms with Crippen molar-refractivity contribution >= 4 is 15.9 Å². The van der Waals surface area contributed by atoms with Crippen molar-refractivity contribution in [3.8, 4) is 0 Å². The monoisotopic (exact) mass is 358 g/mol. The van der Waals surface area contributed by atoms with Crippen LogP contribution in [0.5, 0.6) is 0 Å². The van der Waals surface area contributed by atoms with Crippen LogP contribution in [-0.2, 0) is 14.8 Å². The number of piperazine rings is 1. The number of sulfonamides is 1. The molecule has 1 amide bonds. The first kappa shape index (κ1) is 18.9. The molecule has 8 nitrogen and oxygen atoms in total. The van der Waals surface area contributed by atoms with Gasteiger partial charge in [0.1, 0.15) is 10.6 Å². The molecule has 0 saturated carbocycles. The summed E-state index contributed by atoms with van der Waals surface area (Å²) in [7, 11) is -3.67. The molecule has 2 rings (SSSR count). The highest BCUT2D eigenvalue weighted by atomic mass is 32.2. The van der Waals surface area contributed by atoms with E-state index in [1.165, 1.54) is 4.31 Å². The Kier molecular flexibility index (Phi) is 5.36. The Bertz CT molecular complexity index is 684. The van der Waals surface area contributed by atoms with E-state index in [0.717, 1.165) is 6.42 Å². The normalized spacial score (nSPS) is 19.3. The Hall–Kier alpha value is -1.45. The summed E-state index contributed by atoms with van der Waals surface area (Å²) in [6, 6.07) is 0. The number of amides is 1. The standard InChI is InChI=1S/C15H26N4O4S/c1-5-6-15(4,16)14(20)18-7-9-19(10-8-18)24(21,22)13-11(2)17-23-12(13)3/h5-10,16H2,1-4H3. The molecule has 2 heterocycles. The third kappa shape index (κ3) is 3.47. The van der Waals surface area contributed by atoms with Crippen LogP contribution in [0.2, 0.25) is 0 Å². The van der Waals surface area contributed by atoms with Crippen LogP contribution in [0.4, 0.5) is 0 Å². The van der Waals surface area contributed by atoms with E-state index in [4.69, 9.17) is 10.3 Å². The maximum Gasteiger partial charge on any atom is 0.248 e. The van der Waals surface area contributed by atoms with Crippen molar-refractivity contribution in [1.82, 2.24) is 14.4 Å². The fourth-order valence-electron chi connectivity index (χ4n) is 3.09. The Morgan fingerprint density at radius 3 is 2.33 bits per heavy atom. The first-order valence-corrected chi connectivity index (χ1v) is 9.56. The molecule has 1 aromatic rings. The van der Waals surface area contributed by atoms with Crippen LogP contribution in [0.1, 0.15) is 38.1 Å². The van der Waals surface area contributed by atoms with Crippen molar-refractivity contribution in [2.75, 3.05) is 26.2 Å². The lowest BCUT2D eigenvalue weighted by atomic mass is 9.95. The van der Waals surface area contributed by atoms with E-state index < -0.39 is 15.6 Å². The maximum atomic E-state index is 12.8. The lowest BCUT2D eigenvalue weighted by Gasteiger charge is -2.37. The van der Waals surface area contributed by atoms with Gasteiger partial charge in [0.05, 0.1) is 5.54 Å². The number of aromatic nitrogens is 1. The van der Waals surface area contributed by atoms with E-state index in [9.17, 15) is 13.2 Å². The van der Waals surface area contributed by atoms with Crippen molar-refractivity contribution in [3.05, 3.63) is 11.5 Å². The minimum atomic E-state index is -3.67. The zero-order valence-corrected chi connectivity index (χ0v) is 15.5. The summed E-state index contributed by atoms with van der Waals surface area (Å²) in [5.74, 6) is 0.155. The second-order valence-corrected chi connectivity index (χ2v) is 8.39. The van der Waals surface area contributed by atoms with Gasteiger partial charge in [-0.15, -0.1) is 0 Å². The molecule has 1 unspecified atom stereocenters. The predicted octanol–water partition coefficient (Wildman–Crippen LogP) is 0.642. The van der Waals surface area contributed by atoms with Gasteiger partial charge < -0.3 is 15.2 Å². The first-order chi connectivity index (χ1) is 11.1. The number of nitrogens with two attached hydrogens (primary N) is 1. The average Bonchev–Trinajstić information content (AvgIpc) is 2.86. The summed E-state index contributed by atoms with van der Waals surface area (Å²) < 4.78 is 31.9. The van der Waals surface area contributed by atoms with Gasteiger partial charge in [0.2, 0.25) is 15.9 Å². The summed E-state index contributed by atoms with van der Waals surface area (Å²) in [5.41, 5.74) is 5.54. The van der Waals surface area contributed by atoms with Crippen molar-refractivity contribution < 1.29 is 17.7 Å². The highest BCUT2D eigenvalue weighted by Crippen LogP contribution is 2.24. The molecule has 136 valence electrons. The molecule has 0 bridgehead atoms. The molecule has 1 saturated heterocycles. The number of aryl methyl sites for hydroxylation is 2. The van der Waals surface area contributed by atoms with E-state index in [1.54, 1.807) is 25.7 Å². The third-order valence-corrected chi connectivity index (χ3v) is 6.49. The van der Waals surface area contributed by atoms with Gasteiger partial charge in [-0.2, -0.15) is 4.31 Å². The molecule has 0 radical (unpaired) electrons.